The Morgan fingerprint density at radius 3 is 2.35 bits per heavy atom. The van der Waals surface area contributed by atoms with Crippen LogP contribution in [0.25, 0.3) is 0 Å². The van der Waals surface area contributed by atoms with Gasteiger partial charge in [0, 0.05) is 6.26 Å². The van der Waals surface area contributed by atoms with Crippen LogP contribution in [0, 0.1) is 6.92 Å². The SMILES string of the molecule is Cc1ccc(S(C)(=O)=O)c(C(=O)N=C(N)N)c1. The first-order valence-corrected chi connectivity index (χ1v) is 6.55. The highest BCUT2D eigenvalue weighted by atomic mass is 32.2. The number of sulfone groups is 1. The fraction of sp³-hybridized carbons (Fsp3) is 0.200. The molecule has 7 heteroatoms. The number of aliphatic imine (C=N–C) groups is 1. The molecule has 0 aliphatic heterocycles. The van der Waals surface area contributed by atoms with E-state index in [9.17, 15) is 13.2 Å². The van der Waals surface area contributed by atoms with Gasteiger partial charge < -0.3 is 11.5 Å². The fourth-order valence-corrected chi connectivity index (χ4v) is 2.17. The smallest absolute Gasteiger partial charge is 0.281 e. The molecule has 1 aromatic rings. The van der Waals surface area contributed by atoms with E-state index < -0.39 is 21.7 Å². The van der Waals surface area contributed by atoms with E-state index in [0.717, 1.165) is 11.8 Å². The van der Waals surface area contributed by atoms with Crippen molar-refractivity contribution in [3.05, 3.63) is 29.3 Å². The highest BCUT2D eigenvalue weighted by molar-refractivity contribution is 7.90. The zero-order valence-electron chi connectivity index (χ0n) is 9.47. The molecular weight excluding hydrogens is 242 g/mol. The van der Waals surface area contributed by atoms with Gasteiger partial charge in [0.15, 0.2) is 15.8 Å². The van der Waals surface area contributed by atoms with Gasteiger partial charge in [0.2, 0.25) is 0 Å². The van der Waals surface area contributed by atoms with Crippen molar-refractivity contribution in [3.63, 3.8) is 0 Å². The lowest BCUT2D eigenvalue weighted by Gasteiger charge is -2.05. The van der Waals surface area contributed by atoms with Gasteiger partial charge >= 0.3 is 0 Å². The quantitative estimate of drug-likeness (QED) is 0.561. The van der Waals surface area contributed by atoms with Crippen molar-refractivity contribution in [1.82, 2.24) is 0 Å². The van der Waals surface area contributed by atoms with E-state index in [1.165, 1.54) is 12.1 Å². The second-order valence-electron chi connectivity index (χ2n) is 3.61. The van der Waals surface area contributed by atoms with E-state index in [-0.39, 0.29) is 10.5 Å². The molecule has 0 bridgehead atoms. The summed E-state index contributed by atoms with van der Waals surface area (Å²) in [6, 6.07) is 4.40. The predicted octanol–water partition coefficient (Wildman–Crippen LogP) is -0.188. The Kier molecular flexibility index (Phi) is 3.52. The van der Waals surface area contributed by atoms with E-state index in [1.807, 2.05) is 0 Å². The molecule has 0 saturated heterocycles. The van der Waals surface area contributed by atoms with Gasteiger partial charge in [-0.25, -0.2) is 8.42 Å². The van der Waals surface area contributed by atoms with Crippen molar-refractivity contribution >= 4 is 21.7 Å². The Labute approximate surface area is 99.3 Å². The standard InChI is InChI=1S/C10H13N3O3S/c1-6-3-4-8(17(2,15)16)7(5-6)9(14)13-10(11)12/h3-5H,1-2H3,(H4,11,12,13,14). The van der Waals surface area contributed by atoms with Gasteiger partial charge in [0.1, 0.15) is 0 Å². The summed E-state index contributed by atoms with van der Waals surface area (Å²) in [7, 11) is -3.50. The van der Waals surface area contributed by atoms with Crippen molar-refractivity contribution in [2.24, 2.45) is 16.5 Å². The molecule has 4 N–H and O–H groups in total. The van der Waals surface area contributed by atoms with E-state index >= 15 is 0 Å². The number of hydrogen-bond acceptors (Lipinski definition) is 3. The molecule has 0 spiro atoms. The summed E-state index contributed by atoms with van der Waals surface area (Å²) in [6.07, 6.45) is 1.02. The Morgan fingerprint density at radius 2 is 1.88 bits per heavy atom. The Hall–Kier alpha value is -1.89. The van der Waals surface area contributed by atoms with Gasteiger partial charge in [-0.3, -0.25) is 4.79 Å². The van der Waals surface area contributed by atoms with Crippen LogP contribution >= 0.6 is 0 Å². The van der Waals surface area contributed by atoms with Crippen molar-refractivity contribution < 1.29 is 13.2 Å². The molecule has 0 unspecified atom stereocenters. The van der Waals surface area contributed by atoms with E-state index in [2.05, 4.69) is 4.99 Å². The maximum atomic E-state index is 11.7. The predicted molar refractivity (Wildman–Crippen MR) is 64.4 cm³/mol. The van der Waals surface area contributed by atoms with E-state index in [0.29, 0.717) is 0 Å². The molecule has 0 aliphatic carbocycles. The minimum Gasteiger partial charge on any atom is -0.370 e. The number of rotatable bonds is 2. The van der Waals surface area contributed by atoms with Crippen LogP contribution in [0.2, 0.25) is 0 Å². The van der Waals surface area contributed by atoms with Gasteiger partial charge in [-0.1, -0.05) is 11.6 Å². The first kappa shape index (κ1) is 13.2. The maximum absolute atomic E-state index is 11.7. The average molecular weight is 255 g/mol. The number of carbonyl (C=O) groups excluding carboxylic acids is 1. The highest BCUT2D eigenvalue weighted by Gasteiger charge is 2.18. The number of benzene rings is 1. The summed E-state index contributed by atoms with van der Waals surface area (Å²) in [4.78, 5) is 14.9. The largest absolute Gasteiger partial charge is 0.370 e. The lowest BCUT2D eigenvalue weighted by molar-refractivity contribution is 0.0999. The summed E-state index contributed by atoms with van der Waals surface area (Å²) in [5.41, 5.74) is 10.9. The lowest BCUT2D eigenvalue weighted by Crippen LogP contribution is -2.24. The van der Waals surface area contributed by atoms with Gasteiger partial charge in [0.25, 0.3) is 5.91 Å². The third-order valence-electron chi connectivity index (χ3n) is 2.00. The second kappa shape index (κ2) is 4.54. The fourth-order valence-electron chi connectivity index (χ4n) is 1.31. The molecule has 1 aromatic carbocycles. The Morgan fingerprint density at radius 1 is 1.29 bits per heavy atom. The third-order valence-corrected chi connectivity index (χ3v) is 3.15. The van der Waals surface area contributed by atoms with Crippen LogP contribution in [-0.4, -0.2) is 26.5 Å². The van der Waals surface area contributed by atoms with Crippen molar-refractivity contribution in [2.75, 3.05) is 6.26 Å². The summed E-state index contributed by atoms with van der Waals surface area (Å²) in [5.74, 6) is -1.18. The highest BCUT2D eigenvalue weighted by Crippen LogP contribution is 2.18. The summed E-state index contributed by atoms with van der Waals surface area (Å²) in [5, 5.41) is 0. The van der Waals surface area contributed by atoms with E-state index in [4.69, 9.17) is 11.5 Å². The number of carbonyl (C=O) groups is 1. The first-order chi connectivity index (χ1) is 7.71. The molecule has 0 aromatic heterocycles. The number of aryl methyl sites for hydroxylation is 1. The maximum Gasteiger partial charge on any atom is 0.281 e. The number of guanidine groups is 1. The number of nitrogens with zero attached hydrogens (tertiary/aromatic N) is 1. The number of amides is 1. The monoisotopic (exact) mass is 255 g/mol. The molecular formula is C10H13N3O3S. The van der Waals surface area contributed by atoms with Crippen LogP contribution in [0.4, 0.5) is 0 Å². The van der Waals surface area contributed by atoms with Gasteiger partial charge in [-0.2, -0.15) is 4.99 Å². The summed E-state index contributed by atoms with van der Waals surface area (Å²) in [6.45, 7) is 1.73. The topological polar surface area (TPSA) is 116 Å². The molecule has 0 fully saturated rings. The van der Waals surface area contributed by atoms with Crippen LogP contribution in [0.15, 0.2) is 28.1 Å². The molecule has 0 saturated carbocycles. The summed E-state index contributed by atoms with van der Waals surface area (Å²) >= 11 is 0. The van der Waals surface area contributed by atoms with Crippen LogP contribution in [0.3, 0.4) is 0 Å². The second-order valence-corrected chi connectivity index (χ2v) is 5.60. The van der Waals surface area contributed by atoms with Crippen LogP contribution < -0.4 is 11.5 Å². The Balaban J connectivity index is 3.46. The van der Waals surface area contributed by atoms with Gasteiger partial charge in [-0.15, -0.1) is 0 Å². The molecule has 0 aliphatic rings. The van der Waals surface area contributed by atoms with Crippen molar-refractivity contribution in [1.29, 1.82) is 0 Å². The minimum absolute atomic E-state index is 0.0269. The first-order valence-electron chi connectivity index (χ1n) is 4.66. The lowest BCUT2D eigenvalue weighted by atomic mass is 10.1. The molecule has 92 valence electrons. The Bertz CT molecular complexity index is 587. The molecule has 0 atom stereocenters. The van der Waals surface area contributed by atoms with Crippen molar-refractivity contribution in [2.45, 2.75) is 11.8 Å². The van der Waals surface area contributed by atoms with Crippen LogP contribution in [-0.2, 0) is 9.84 Å². The van der Waals surface area contributed by atoms with E-state index in [1.54, 1.807) is 13.0 Å². The molecule has 0 radical (unpaired) electrons. The molecule has 1 amide bonds. The zero-order valence-corrected chi connectivity index (χ0v) is 10.3. The van der Waals surface area contributed by atoms with Crippen LogP contribution in [0.1, 0.15) is 15.9 Å². The number of nitrogens with two attached hydrogens (primary N) is 2. The average Bonchev–Trinajstić information content (AvgIpc) is 2.14. The van der Waals surface area contributed by atoms with Crippen molar-refractivity contribution in [3.8, 4) is 0 Å². The zero-order chi connectivity index (χ0) is 13.2. The normalized spacial score (nSPS) is 10.9. The summed E-state index contributed by atoms with van der Waals surface area (Å²) < 4.78 is 23.0. The third kappa shape index (κ3) is 3.28. The molecule has 6 nitrogen and oxygen atoms in total. The molecule has 17 heavy (non-hydrogen) atoms. The molecule has 1 rings (SSSR count). The molecule has 0 heterocycles. The van der Waals surface area contributed by atoms with Crippen LogP contribution in [0.5, 0.6) is 0 Å². The number of hydrogen-bond donors (Lipinski definition) is 2. The minimum atomic E-state index is -3.50. The van der Waals surface area contributed by atoms with Gasteiger partial charge in [0.05, 0.1) is 10.5 Å². The van der Waals surface area contributed by atoms with Gasteiger partial charge in [-0.05, 0) is 19.1 Å².